The first-order chi connectivity index (χ1) is 23.5. The number of furan rings is 2. The molecule has 0 unspecified atom stereocenters. The molecule has 1 aliphatic carbocycles. The highest BCUT2D eigenvalue weighted by Crippen LogP contribution is 2.51. The minimum Gasteiger partial charge on any atom is -0.456 e. The van der Waals surface area contributed by atoms with Crippen LogP contribution in [0.5, 0.6) is 0 Å². The van der Waals surface area contributed by atoms with E-state index in [2.05, 4.69) is 146 Å². The van der Waals surface area contributed by atoms with Crippen LogP contribution in [0.1, 0.15) is 25.0 Å². The van der Waals surface area contributed by atoms with E-state index in [1.165, 1.54) is 44.1 Å². The zero-order chi connectivity index (χ0) is 31.7. The van der Waals surface area contributed by atoms with Crippen LogP contribution < -0.4 is 0 Å². The lowest BCUT2D eigenvalue weighted by Crippen LogP contribution is -2.14. The molecule has 7 aromatic carbocycles. The average Bonchev–Trinajstić information content (AvgIpc) is 3.84. The molecule has 0 radical (unpaired) electrons. The topological polar surface area (TPSA) is 31.2 Å². The summed E-state index contributed by atoms with van der Waals surface area (Å²) < 4.78 is 15.5. The Morgan fingerprint density at radius 2 is 1.10 bits per heavy atom. The Labute approximate surface area is 276 Å². The van der Waals surface area contributed by atoms with Crippen LogP contribution in [0, 0.1) is 0 Å². The molecule has 10 aromatic rings. The number of fused-ring (bicyclic) bond motifs is 12. The predicted molar refractivity (Wildman–Crippen MR) is 198 cm³/mol. The fourth-order valence-corrected chi connectivity index (χ4v) is 8.47. The van der Waals surface area contributed by atoms with Gasteiger partial charge in [0.2, 0.25) is 0 Å². The summed E-state index contributed by atoms with van der Waals surface area (Å²) >= 11 is 0. The number of hydrogen-bond donors (Lipinski definition) is 0. The van der Waals surface area contributed by atoms with E-state index in [4.69, 9.17) is 8.83 Å². The molecule has 0 spiro atoms. The van der Waals surface area contributed by atoms with Crippen LogP contribution in [0.3, 0.4) is 0 Å². The molecule has 3 heterocycles. The van der Waals surface area contributed by atoms with Crippen molar-refractivity contribution < 1.29 is 8.83 Å². The summed E-state index contributed by atoms with van der Waals surface area (Å²) in [6.07, 6.45) is 0. The summed E-state index contributed by atoms with van der Waals surface area (Å²) in [7, 11) is 0. The average molecular weight is 616 g/mol. The van der Waals surface area contributed by atoms with Gasteiger partial charge in [-0.25, -0.2) is 0 Å². The molecular weight excluding hydrogens is 587 g/mol. The van der Waals surface area contributed by atoms with E-state index >= 15 is 0 Å². The van der Waals surface area contributed by atoms with Crippen LogP contribution in [0.2, 0.25) is 0 Å². The van der Waals surface area contributed by atoms with Crippen molar-refractivity contribution in [3.05, 3.63) is 151 Å². The van der Waals surface area contributed by atoms with Gasteiger partial charge in [-0.3, -0.25) is 0 Å². The molecule has 3 heteroatoms. The van der Waals surface area contributed by atoms with E-state index in [0.29, 0.717) is 0 Å². The normalized spacial score (nSPS) is 13.8. The van der Waals surface area contributed by atoms with Gasteiger partial charge in [-0.05, 0) is 88.0 Å². The molecule has 226 valence electrons. The van der Waals surface area contributed by atoms with Crippen molar-refractivity contribution in [3.63, 3.8) is 0 Å². The lowest BCUT2D eigenvalue weighted by molar-refractivity contribution is 0.660. The van der Waals surface area contributed by atoms with Gasteiger partial charge >= 0.3 is 0 Å². The Hall–Kier alpha value is -6.06. The Bertz CT molecular complexity index is 2980. The molecule has 3 aromatic heterocycles. The summed E-state index contributed by atoms with van der Waals surface area (Å²) in [5.41, 5.74) is 14.5. The lowest BCUT2D eigenvalue weighted by atomic mass is 9.82. The predicted octanol–water partition coefficient (Wildman–Crippen LogP) is 12.6. The van der Waals surface area contributed by atoms with E-state index in [9.17, 15) is 0 Å². The van der Waals surface area contributed by atoms with Crippen molar-refractivity contribution in [2.45, 2.75) is 19.3 Å². The van der Waals surface area contributed by atoms with Crippen molar-refractivity contribution in [2.24, 2.45) is 0 Å². The first-order valence-electron chi connectivity index (χ1n) is 16.6. The Morgan fingerprint density at radius 3 is 1.96 bits per heavy atom. The maximum Gasteiger partial charge on any atom is 0.159 e. The fourth-order valence-electron chi connectivity index (χ4n) is 8.47. The van der Waals surface area contributed by atoms with Crippen molar-refractivity contribution in [1.82, 2.24) is 4.57 Å². The van der Waals surface area contributed by atoms with Crippen LogP contribution in [0.25, 0.3) is 93.6 Å². The highest BCUT2D eigenvalue weighted by molar-refractivity contribution is 6.14. The molecule has 0 atom stereocenters. The number of para-hydroxylation sites is 3. The van der Waals surface area contributed by atoms with E-state index in [0.717, 1.165) is 60.7 Å². The van der Waals surface area contributed by atoms with Gasteiger partial charge in [-0.2, -0.15) is 0 Å². The molecular formula is C45H29NO2. The minimum absolute atomic E-state index is 0.0887. The van der Waals surface area contributed by atoms with Crippen molar-refractivity contribution in [3.8, 4) is 27.9 Å². The molecule has 0 aliphatic heterocycles. The Balaban J connectivity index is 1.13. The summed E-state index contributed by atoms with van der Waals surface area (Å²) in [4.78, 5) is 0. The third-order valence-corrected chi connectivity index (χ3v) is 10.8. The molecule has 0 bridgehead atoms. The second kappa shape index (κ2) is 9.05. The van der Waals surface area contributed by atoms with Gasteiger partial charge in [0.25, 0.3) is 0 Å². The highest BCUT2D eigenvalue weighted by atomic mass is 16.3. The zero-order valence-electron chi connectivity index (χ0n) is 26.5. The van der Waals surface area contributed by atoms with Crippen LogP contribution in [0.4, 0.5) is 0 Å². The van der Waals surface area contributed by atoms with E-state index < -0.39 is 0 Å². The maximum atomic E-state index is 6.84. The molecule has 0 fully saturated rings. The van der Waals surface area contributed by atoms with E-state index in [1.54, 1.807) is 0 Å². The van der Waals surface area contributed by atoms with Crippen LogP contribution >= 0.6 is 0 Å². The summed E-state index contributed by atoms with van der Waals surface area (Å²) in [5.74, 6) is 0. The molecule has 0 saturated heterocycles. The highest BCUT2D eigenvalue weighted by Gasteiger charge is 2.36. The number of hydrogen-bond acceptors (Lipinski definition) is 2. The van der Waals surface area contributed by atoms with Crippen LogP contribution in [-0.4, -0.2) is 4.57 Å². The molecule has 48 heavy (non-hydrogen) atoms. The van der Waals surface area contributed by atoms with Crippen LogP contribution in [-0.2, 0) is 5.41 Å². The zero-order valence-corrected chi connectivity index (χ0v) is 26.5. The third-order valence-electron chi connectivity index (χ3n) is 10.8. The van der Waals surface area contributed by atoms with Gasteiger partial charge in [-0.15, -0.1) is 0 Å². The van der Waals surface area contributed by atoms with Gasteiger partial charge in [0, 0.05) is 37.7 Å². The first kappa shape index (κ1) is 26.1. The van der Waals surface area contributed by atoms with Crippen molar-refractivity contribution >= 4 is 65.7 Å². The van der Waals surface area contributed by atoms with Gasteiger partial charge in [0.1, 0.15) is 16.7 Å². The molecule has 0 amide bonds. The largest absolute Gasteiger partial charge is 0.456 e. The quantitative estimate of drug-likeness (QED) is 0.194. The van der Waals surface area contributed by atoms with Crippen molar-refractivity contribution in [1.29, 1.82) is 0 Å². The minimum atomic E-state index is -0.0887. The van der Waals surface area contributed by atoms with Gasteiger partial charge in [-0.1, -0.05) is 98.8 Å². The van der Waals surface area contributed by atoms with Gasteiger partial charge < -0.3 is 13.4 Å². The monoisotopic (exact) mass is 615 g/mol. The lowest BCUT2D eigenvalue weighted by Gasteiger charge is -2.21. The number of benzene rings is 7. The molecule has 11 rings (SSSR count). The van der Waals surface area contributed by atoms with Gasteiger partial charge in [0.05, 0.1) is 16.7 Å². The summed E-state index contributed by atoms with van der Waals surface area (Å²) in [5, 5.41) is 7.00. The fraction of sp³-hybridized carbons (Fsp3) is 0.0667. The SMILES string of the molecule is CC1(C)c2ccccc2-c2cc3c4ccccc4n(-c4cccc5c4oc4cc(-c6ccc7c(c6)oc6ccccc67)ccc45)c3cc21. The summed E-state index contributed by atoms with van der Waals surface area (Å²) in [6.45, 7) is 4.69. The first-order valence-corrected chi connectivity index (χ1v) is 16.6. The number of nitrogens with zero attached hydrogens (tertiary/aromatic N) is 1. The molecule has 1 aliphatic rings. The Morgan fingerprint density at radius 1 is 0.438 bits per heavy atom. The van der Waals surface area contributed by atoms with E-state index in [1.807, 2.05) is 12.1 Å². The molecule has 3 nitrogen and oxygen atoms in total. The maximum absolute atomic E-state index is 6.84. The van der Waals surface area contributed by atoms with Crippen molar-refractivity contribution in [2.75, 3.05) is 0 Å². The second-order valence-electron chi connectivity index (χ2n) is 13.7. The smallest absolute Gasteiger partial charge is 0.159 e. The second-order valence-corrected chi connectivity index (χ2v) is 13.7. The molecule has 0 N–H and O–H groups in total. The standard InChI is InChI=1S/C45H29NO2/c1-45(2)36-14-6-3-10-28(36)34-24-35-29-11-4-7-15-38(29)46(40(35)25-37(34)45)39-16-9-13-33-32-21-19-27(23-43(32)48-44(33)39)26-18-20-31-30-12-5-8-17-41(30)47-42(31)22-26/h3-25H,1-2H3. The number of aromatic nitrogens is 1. The molecule has 0 saturated carbocycles. The Kier molecular flexibility index (Phi) is 4.91. The van der Waals surface area contributed by atoms with Crippen LogP contribution in [0.15, 0.2) is 148 Å². The van der Waals surface area contributed by atoms with E-state index in [-0.39, 0.29) is 5.41 Å². The summed E-state index contributed by atoms with van der Waals surface area (Å²) in [6, 6.07) is 50.2. The third kappa shape index (κ3) is 3.33. The number of rotatable bonds is 2. The van der Waals surface area contributed by atoms with Gasteiger partial charge in [0.15, 0.2) is 5.58 Å².